The van der Waals surface area contributed by atoms with Crippen LogP contribution in [0.1, 0.15) is 30.5 Å². The molecule has 7 heteroatoms. The third kappa shape index (κ3) is 4.16. The predicted molar refractivity (Wildman–Crippen MR) is 116 cm³/mol. The van der Waals surface area contributed by atoms with Gasteiger partial charge in [-0.2, -0.15) is 5.10 Å². The summed E-state index contributed by atoms with van der Waals surface area (Å²) in [6, 6.07) is 9.89. The number of pyridine rings is 1. The van der Waals surface area contributed by atoms with E-state index in [0.29, 0.717) is 19.5 Å². The molecule has 0 saturated carbocycles. The van der Waals surface area contributed by atoms with E-state index < -0.39 is 0 Å². The van der Waals surface area contributed by atoms with E-state index in [-0.39, 0.29) is 12.0 Å². The minimum Gasteiger partial charge on any atom is -0.496 e. The van der Waals surface area contributed by atoms with Crippen LogP contribution < -0.4 is 10.1 Å². The summed E-state index contributed by atoms with van der Waals surface area (Å²) in [6.07, 6.45) is 2.55. The number of methoxy groups -OCH3 is 1. The maximum Gasteiger partial charge on any atom is 0.221 e. The van der Waals surface area contributed by atoms with Gasteiger partial charge in [0.25, 0.3) is 0 Å². The van der Waals surface area contributed by atoms with E-state index in [2.05, 4.69) is 18.3 Å². The van der Waals surface area contributed by atoms with E-state index in [4.69, 9.17) is 19.6 Å². The van der Waals surface area contributed by atoms with E-state index in [1.165, 1.54) is 0 Å². The van der Waals surface area contributed by atoms with Gasteiger partial charge in [0.2, 0.25) is 5.91 Å². The van der Waals surface area contributed by atoms with Crippen LogP contribution in [0.15, 0.2) is 30.3 Å². The number of carbonyl (C=O) groups is 1. The first kappa shape index (κ1) is 20.3. The zero-order valence-corrected chi connectivity index (χ0v) is 17.8. The van der Waals surface area contributed by atoms with Crippen LogP contribution in [0.3, 0.4) is 0 Å². The Morgan fingerprint density at radius 2 is 2.17 bits per heavy atom. The van der Waals surface area contributed by atoms with Crippen LogP contribution in [0, 0.1) is 13.8 Å². The number of carbonyl (C=O) groups excluding carboxylic acids is 1. The molecule has 3 heterocycles. The number of ether oxygens (including phenoxy) is 2. The summed E-state index contributed by atoms with van der Waals surface area (Å²) < 4.78 is 13.0. The van der Waals surface area contributed by atoms with Crippen molar-refractivity contribution in [2.45, 2.75) is 45.8 Å². The molecule has 1 fully saturated rings. The second-order valence-corrected chi connectivity index (χ2v) is 7.74. The molecule has 0 unspecified atom stereocenters. The number of amides is 1. The summed E-state index contributed by atoms with van der Waals surface area (Å²) >= 11 is 0. The molecule has 0 radical (unpaired) electrons. The number of rotatable bonds is 7. The maximum absolute atomic E-state index is 12.4. The van der Waals surface area contributed by atoms with Crippen molar-refractivity contribution < 1.29 is 14.3 Å². The van der Waals surface area contributed by atoms with Crippen molar-refractivity contribution in [3.63, 3.8) is 0 Å². The molecule has 4 rings (SSSR count). The second kappa shape index (κ2) is 8.83. The van der Waals surface area contributed by atoms with Gasteiger partial charge in [-0.05, 0) is 50.5 Å². The Morgan fingerprint density at radius 1 is 1.33 bits per heavy atom. The Balaban J connectivity index is 1.61. The fraction of sp³-hybridized carbons (Fsp3) is 0.435. The first-order valence-electron chi connectivity index (χ1n) is 10.4. The zero-order valence-electron chi connectivity index (χ0n) is 17.8. The molecule has 1 aliphatic heterocycles. The monoisotopic (exact) mass is 408 g/mol. The number of nitrogens with one attached hydrogen (secondary N) is 1. The van der Waals surface area contributed by atoms with Crippen LogP contribution in [0.5, 0.6) is 5.75 Å². The number of hydrogen-bond donors (Lipinski definition) is 1. The average Bonchev–Trinajstić information content (AvgIpc) is 3.38. The number of aromatic nitrogens is 3. The van der Waals surface area contributed by atoms with Gasteiger partial charge in [0.15, 0.2) is 5.65 Å². The lowest BCUT2D eigenvalue weighted by Gasteiger charge is -2.11. The first-order chi connectivity index (χ1) is 14.6. The number of benzene rings is 1. The van der Waals surface area contributed by atoms with Gasteiger partial charge in [0.05, 0.1) is 25.1 Å². The van der Waals surface area contributed by atoms with Gasteiger partial charge in [-0.25, -0.2) is 9.67 Å². The smallest absolute Gasteiger partial charge is 0.221 e. The van der Waals surface area contributed by atoms with Gasteiger partial charge in [-0.15, -0.1) is 0 Å². The maximum atomic E-state index is 12.4. The normalized spacial score (nSPS) is 16.2. The highest BCUT2D eigenvalue weighted by Crippen LogP contribution is 2.35. The Kier molecular flexibility index (Phi) is 5.99. The second-order valence-electron chi connectivity index (χ2n) is 7.74. The summed E-state index contributed by atoms with van der Waals surface area (Å²) in [5, 5.41) is 8.82. The van der Waals surface area contributed by atoms with Gasteiger partial charge in [0, 0.05) is 30.8 Å². The van der Waals surface area contributed by atoms with Crippen LogP contribution in [0.25, 0.3) is 22.3 Å². The SMILES string of the molecule is COc1ccccc1-c1nn(CCC(=O)NC[C@H]2CCCO2)c2nc(C)cc(C)c12. The summed E-state index contributed by atoms with van der Waals surface area (Å²) in [4.78, 5) is 17.1. The van der Waals surface area contributed by atoms with Crippen LogP contribution >= 0.6 is 0 Å². The lowest BCUT2D eigenvalue weighted by atomic mass is 10.0. The van der Waals surface area contributed by atoms with Crippen molar-refractivity contribution in [3.8, 4) is 17.0 Å². The third-order valence-electron chi connectivity index (χ3n) is 5.49. The lowest BCUT2D eigenvalue weighted by molar-refractivity contribution is -0.121. The molecule has 1 atom stereocenters. The number of hydrogen-bond acceptors (Lipinski definition) is 5. The summed E-state index contributed by atoms with van der Waals surface area (Å²) in [5.74, 6) is 0.760. The van der Waals surface area contributed by atoms with Gasteiger partial charge >= 0.3 is 0 Å². The standard InChI is InChI=1S/C23H28N4O3/c1-15-13-16(2)25-23-21(15)22(18-8-4-5-9-19(18)29-3)26-27(23)11-10-20(28)24-14-17-7-6-12-30-17/h4-5,8-9,13,17H,6-7,10-12,14H2,1-3H3,(H,24,28)/t17-/m1/s1. The molecule has 3 aromatic rings. The van der Waals surface area contributed by atoms with Crippen LogP contribution in [-0.4, -0.2) is 47.0 Å². The molecule has 0 bridgehead atoms. The summed E-state index contributed by atoms with van der Waals surface area (Å²) in [6.45, 7) is 5.85. The quantitative estimate of drug-likeness (QED) is 0.648. The lowest BCUT2D eigenvalue weighted by Crippen LogP contribution is -2.32. The third-order valence-corrected chi connectivity index (χ3v) is 5.49. The molecule has 0 aliphatic carbocycles. The van der Waals surface area contributed by atoms with Gasteiger partial charge in [0.1, 0.15) is 11.4 Å². The van der Waals surface area contributed by atoms with E-state index >= 15 is 0 Å². The Labute approximate surface area is 176 Å². The van der Waals surface area contributed by atoms with Crippen molar-refractivity contribution in [1.29, 1.82) is 0 Å². The van der Waals surface area contributed by atoms with Crippen molar-refractivity contribution >= 4 is 16.9 Å². The number of nitrogens with zero attached hydrogens (tertiary/aromatic N) is 3. The van der Waals surface area contributed by atoms with E-state index in [9.17, 15) is 4.79 Å². The molecule has 7 nitrogen and oxygen atoms in total. The Hall–Kier alpha value is -2.93. The van der Waals surface area contributed by atoms with Crippen molar-refractivity contribution in [1.82, 2.24) is 20.1 Å². The Morgan fingerprint density at radius 3 is 2.93 bits per heavy atom. The molecule has 0 spiro atoms. The van der Waals surface area contributed by atoms with E-state index in [1.54, 1.807) is 7.11 Å². The van der Waals surface area contributed by atoms with Gasteiger partial charge in [-0.3, -0.25) is 4.79 Å². The fourth-order valence-electron chi connectivity index (χ4n) is 4.03. The molecule has 30 heavy (non-hydrogen) atoms. The number of para-hydroxylation sites is 1. The molecule has 1 aliphatic rings. The largest absolute Gasteiger partial charge is 0.496 e. The highest BCUT2D eigenvalue weighted by Gasteiger charge is 2.20. The highest BCUT2D eigenvalue weighted by atomic mass is 16.5. The summed E-state index contributed by atoms with van der Waals surface area (Å²) in [5.41, 5.74) is 4.57. The fourth-order valence-corrected chi connectivity index (χ4v) is 4.03. The molecule has 1 saturated heterocycles. The molecule has 158 valence electrons. The summed E-state index contributed by atoms with van der Waals surface area (Å²) in [7, 11) is 1.66. The average molecular weight is 409 g/mol. The van der Waals surface area contributed by atoms with Crippen LogP contribution in [0.2, 0.25) is 0 Å². The van der Waals surface area contributed by atoms with E-state index in [0.717, 1.165) is 58.7 Å². The minimum absolute atomic E-state index is 0.00244. The topological polar surface area (TPSA) is 78.3 Å². The Bertz CT molecular complexity index is 1050. The molecule has 1 N–H and O–H groups in total. The van der Waals surface area contributed by atoms with Crippen LogP contribution in [-0.2, 0) is 16.1 Å². The van der Waals surface area contributed by atoms with Gasteiger partial charge in [-0.1, -0.05) is 12.1 Å². The number of aryl methyl sites for hydroxylation is 3. The molecular formula is C23H28N4O3. The number of fused-ring (bicyclic) bond motifs is 1. The van der Waals surface area contributed by atoms with Crippen molar-refractivity contribution in [2.24, 2.45) is 0 Å². The first-order valence-corrected chi connectivity index (χ1v) is 10.4. The van der Waals surface area contributed by atoms with Crippen LogP contribution in [0.4, 0.5) is 0 Å². The van der Waals surface area contributed by atoms with Crippen molar-refractivity contribution in [2.75, 3.05) is 20.3 Å². The minimum atomic E-state index is -0.00244. The molecule has 1 aromatic carbocycles. The molecular weight excluding hydrogens is 380 g/mol. The highest BCUT2D eigenvalue weighted by molar-refractivity contribution is 5.95. The zero-order chi connectivity index (χ0) is 21.1. The molecule has 1 amide bonds. The van der Waals surface area contributed by atoms with Crippen molar-refractivity contribution in [3.05, 3.63) is 41.6 Å². The predicted octanol–water partition coefficient (Wildman–Crippen LogP) is 3.41. The van der Waals surface area contributed by atoms with E-state index in [1.807, 2.05) is 35.9 Å². The van der Waals surface area contributed by atoms with Gasteiger partial charge < -0.3 is 14.8 Å². The molecule has 2 aromatic heterocycles.